The molecule has 0 aromatic carbocycles. The lowest BCUT2D eigenvalue weighted by Crippen LogP contribution is -2.46. The zero-order chi connectivity index (χ0) is 15.5. The number of nitrogens with zero attached hydrogens (tertiary/aromatic N) is 1. The van der Waals surface area contributed by atoms with E-state index in [9.17, 15) is 4.79 Å². The van der Waals surface area contributed by atoms with Crippen LogP contribution in [-0.2, 0) is 17.8 Å². The minimum Gasteiger partial charge on any atom is -0.354 e. The summed E-state index contributed by atoms with van der Waals surface area (Å²) in [6.45, 7) is 5.07. The number of rotatable bonds is 4. The van der Waals surface area contributed by atoms with Gasteiger partial charge >= 0.3 is 0 Å². The number of hydrogen-bond acceptors (Lipinski definition) is 4. The van der Waals surface area contributed by atoms with Crippen molar-refractivity contribution >= 4 is 42.1 Å². The summed E-state index contributed by atoms with van der Waals surface area (Å²) in [5.74, 6) is 0.330. The standard InChI is InChI=1S/C17H27N3OS.2ClH/c1-12(20-7-5-16-14(11-20)6-8-22-16)10-19-17(21)13-3-2-4-15(18)9-13;;/h6,8,12-13,15H,2-5,7,9-11,18H2,1H3,(H,19,21);2*1H. The van der Waals surface area contributed by atoms with Crippen LogP contribution < -0.4 is 11.1 Å². The topological polar surface area (TPSA) is 58.4 Å². The molecule has 3 atom stereocenters. The fourth-order valence-corrected chi connectivity index (χ4v) is 4.52. The molecule has 0 bridgehead atoms. The Balaban J connectivity index is 0.00000144. The predicted molar refractivity (Wildman–Crippen MR) is 105 cm³/mol. The minimum absolute atomic E-state index is 0. The molecule has 3 N–H and O–H groups in total. The molecule has 3 unspecified atom stereocenters. The number of thiophene rings is 1. The number of halogens is 2. The SMILES string of the molecule is CC(CNC(=O)C1CCCC(N)C1)N1CCc2sccc2C1.Cl.Cl. The van der Waals surface area contributed by atoms with Crippen molar-refractivity contribution in [2.75, 3.05) is 13.1 Å². The number of nitrogens with two attached hydrogens (primary N) is 1. The van der Waals surface area contributed by atoms with Gasteiger partial charge in [-0.05, 0) is 49.6 Å². The Bertz CT molecular complexity index is 526. The second-order valence-corrected chi connectivity index (χ2v) is 7.81. The van der Waals surface area contributed by atoms with E-state index in [1.54, 1.807) is 0 Å². The van der Waals surface area contributed by atoms with Crippen LogP contribution in [0.4, 0.5) is 0 Å². The van der Waals surface area contributed by atoms with E-state index >= 15 is 0 Å². The van der Waals surface area contributed by atoms with Gasteiger partial charge in [-0.15, -0.1) is 36.2 Å². The highest BCUT2D eigenvalue weighted by molar-refractivity contribution is 7.10. The van der Waals surface area contributed by atoms with E-state index in [4.69, 9.17) is 5.73 Å². The van der Waals surface area contributed by atoms with E-state index in [0.717, 1.165) is 51.7 Å². The normalized spacial score (nSPS) is 24.9. The van der Waals surface area contributed by atoms with Gasteiger partial charge in [0.25, 0.3) is 0 Å². The molecular formula is C17H29Cl2N3OS. The maximum Gasteiger partial charge on any atom is 0.223 e. The van der Waals surface area contributed by atoms with Crippen LogP contribution in [0.5, 0.6) is 0 Å². The summed E-state index contributed by atoms with van der Waals surface area (Å²) in [5.41, 5.74) is 7.45. The zero-order valence-electron chi connectivity index (χ0n) is 14.2. The van der Waals surface area contributed by atoms with E-state index in [2.05, 4.69) is 28.6 Å². The van der Waals surface area contributed by atoms with Gasteiger partial charge in [0.15, 0.2) is 0 Å². The van der Waals surface area contributed by atoms with Crippen LogP contribution in [0.1, 0.15) is 43.0 Å². The summed E-state index contributed by atoms with van der Waals surface area (Å²) in [5, 5.41) is 5.34. The summed E-state index contributed by atoms with van der Waals surface area (Å²) >= 11 is 1.87. The summed E-state index contributed by atoms with van der Waals surface area (Å²) in [6, 6.07) is 2.83. The van der Waals surface area contributed by atoms with Gasteiger partial charge in [0.05, 0.1) is 0 Å². The van der Waals surface area contributed by atoms with Crippen molar-refractivity contribution in [1.82, 2.24) is 10.2 Å². The third kappa shape index (κ3) is 5.33. The Morgan fingerprint density at radius 3 is 3.00 bits per heavy atom. The third-order valence-electron chi connectivity index (χ3n) is 5.12. The number of carbonyl (C=O) groups excluding carboxylic acids is 1. The Morgan fingerprint density at radius 2 is 2.25 bits per heavy atom. The van der Waals surface area contributed by atoms with Crippen molar-refractivity contribution in [1.29, 1.82) is 0 Å². The summed E-state index contributed by atoms with van der Waals surface area (Å²) in [7, 11) is 0. The first kappa shape index (κ1) is 21.7. The summed E-state index contributed by atoms with van der Waals surface area (Å²) in [4.78, 5) is 16.3. The number of amides is 1. The minimum atomic E-state index is 0. The third-order valence-corrected chi connectivity index (χ3v) is 6.14. The van der Waals surface area contributed by atoms with Gasteiger partial charge in [-0.1, -0.05) is 6.42 Å². The average Bonchev–Trinajstić information content (AvgIpc) is 2.99. The molecule has 2 heterocycles. The molecule has 1 amide bonds. The molecular weight excluding hydrogens is 365 g/mol. The van der Waals surface area contributed by atoms with E-state index in [1.807, 2.05) is 11.3 Å². The first-order valence-electron chi connectivity index (χ1n) is 8.46. The number of hydrogen-bond donors (Lipinski definition) is 2. The average molecular weight is 394 g/mol. The molecule has 2 aliphatic rings. The van der Waals surface area contributed by atoms with Crippen molar-refractivity contribution in [3.05, 3.63) is 21.9 Å². The Morgan fingerprint density at radius 1 is 1.46 bits per heavy atom. The molecule has 4 nitrogen and oxygen atoms in total. The van der Waals surface area contributed by atoms with Crippen LogP contribution in [0.25, 0.3) is 0 Å². The quantitative estimate of drug-likeness (QED) is 0.826. The Kier molecular flexibility index (Phi) is 9.02. The molecule has 3 rings (SSSR count). The molecule has 1 aliphatic carbocycles. The van der Waals surface area contributed by atoms with E-state index in [-0.39, 0.29) is 42.7 Å². The molecule has 0 saturated heterocycles. The van der Waals surface area contributed by atoms with Crippen molar-refractivity contribution < 1.29 is 4.79 Å². The Labute approximate surface area is 161 Å². The van der Waals surface area contributed by atoms with Gasteiger partial charge in [-0.3, -0.25) is 9.69 Å². The summed E-state index contributed by atoms with van der Waals surface area (Å²) in [6.07, 6.45) is 5.14. The predicted octanol–water partition coefficient (Wildman–Crippen LogP) is 2.97. The van der Waals surface area contributed by atoms with Crippen LogP contribution in [0.2, 0.25) is 0 Å². The van der Waals surface area contributed by atoms with Crippen molar-refractivity contribution in [3.8, 4) is 0 Å². The van der Waals surface area contributed by atoms with Gasteiger partial charge in [0.2, 0.25) is 5.91 Å². The van der Waals surface area contributed by atoms with Crippen LogP contribution in [-0.4, -0.2) is 36.0 Å². The molecule has 1 fully saturated rings. The maximum atomic E-state index is 12.3. The molecule has 0 spiro atoms. The highest BCUT2D eigenvalue weighted by Gasteiger charge is 2.26. The lowest BCUT2D eigenvalue weighted by Gasteiger charge is -2.33. The van der Waals surface area contributed by atoms with Gasteiger partial charge in [0.1, 0.15) is 0 Å². The van der Waals surface area contributed by atoms with Gasteiger partial charge in [-0.25, -0.2) is 0 Å². The maximum absolute atomic E-state index is 12.3. The fourth-order valence-electron chi connectivity index (χ4n) is 3.63. The molecule has 1 saturated carbocycles. The Hall–Kier alpha value is -0.330. The molecule has 7 heteroatoms. The second kappa shape index (κ2) is 9.97. The fraction of sp³-hybridized carbons (Fsp3) is 0.706. The lowest BCUT2D eigenvalue weighted by molar-refractivity contribution is -0.126. The molecule has 0 radical (unpaired) electrons. The van der Waals surface area contributed by atoms with Crippen molar-refractivity contribution in [2.45, 2.75) is 57.7 Å². The zero-order valence-corrected chi connectivity index (χ0v) is 16.7. The number of carbonyl (C=O) groups is 1. The van der Waals surface area contributed by atoms with Gasteiger partial charge in [-0.2, -0.15) is 0 Å². The largest absolute Gasteiger partial charge is 0.354 e. The lowest BCUT2D eigenvalue weighted by atomic mass is 9.85. The molecule has 1 aliphatic heterocycles. The van der Waals surface area contributed by atoms with E-state index in [0.29, 0.717) is 6.04 Å². The smallest absolute Gasteiger partial charge is 0.223 e. The monoisotopic (exact) mass is 393 g/mol. The molecule has 1 aromatic heterocycles. The highest BCUT2D eigenvalue weighted by Crippen LogP contribution is 2.25. The second-order valence-electron chi connectivity index (χ2n) is 6.81. The number of fused-ring (bicyclic) bond motifs is 1. The van der Waals surface area contributed by atoms with Crippen molar-refractivity contribution in [2.24, 2.45) is 11.7 Å². The number of nitrogens with one attached hydrogen (secondary N) is 1. The van der Waals surface area contributed by atoms with Crippen LogP contribution in [0.15, 0.2) is 11.4 Å². The van der Waals surface area contributed by atoms with Gasteiger partial charge in [0, 0.05) is 42.5 Å². The molecule has 1 aromatic rings. The molecule has 24 heavy (non-hydrogen) atoms. The molecule has 138 valence electrons. The van der Waals surface area contributed by atoms with Crippen molar-refractivity contribution in [3.63, 3.8) is 0 Å². The summed E-state index contributed by atoms with van der Waals surface area (Å²) < 4.78 is 0. The highest BCUT2D eigenvalue weighted by atomic mass is 35.5. The van der Waals surface area contributed by atoms with Crippen LogP contribution in [0, 0.1) is 5.92 Å². The van der Waals surface area contributed by atoms with Gasteiger partial charge < -0.3 is 11.1 Å². The van der Waals surface area contributed by atoms with Crippen LogP contribution in [0.3, 0.4) is 0 Å². The first-order valence-corrected chi connectivity index (χ1v) is 9.34. The first-order chi connectivity index (χ1) is 10.6. The van der Waals surface area contributed by atoms with E-state index in [1.165, 1.54) is 10.4 Å². The van der Waals surface area contributed by atoms with Crippen LogP contribution >= 0.6 is 36.2 Å². The van der Waals surface area contributed by atoms with E-state index < -0.39 is 0 Å².